The van der Waals surface area contributed by atoms with Crippen molar-refractivity contribution in [1.29, 1.82) is 0 Å². The monoisotopic (exact) mass is 259 g/mol. The maximum absolute atomic E-state index is 12.0. The predicted octanol–water partition coefficient (Wildman–Crippen LogP) is 2.66. The van der Waals surface area contributed by atoms with E-state index in [1.54, 1.807) is 0 Å². The number of rotatable bonds is 6. The second kappa shape index (κ2) is 6.50. The van der Waals surface area contributed by atoms with Crippen LogP contribution in [0.5, 0.6) is 0 Å². The lowest BCUT2D eigenvalue weighted by Gasteiger charge is -2.06. The van der Waals surface area contributed by atoms with E-state index in [9.17, 15) is 9.59 Å². The molecule has 3 heteroatoms. The van der Waals surface area contributed by atoms with Crippen molar-refractivity contribution < 1.29 is 9.59 Å². The minimum Gasteiger partial charge on any atom is -0.349 e. The Kier molecular flexibility index (Phi) is 4.72. The van der Waals surface area contributed by atoms with Gasteiger partial charge in [0.15, 0.2) is 5.78 Å². The van der Waals surface area contributed by atoms with Crippen molar-refractivity contribution in [3.8, 4) is 0 Å². The Balaban J connectivity index is 1.88. The number of Topliss-reactive ketones (excluding diaryl/α,β-unsaturated/α-hetero) is 1. The summed E-state index contributed by atoms with van der Waals surface area (Å²) in [5, 5.41) is 2.69. The number of benzene rings is 1. The molecule has 19 heavy (non-hydrogen) atoms. The number of carbonyl (C=O) groups is 2. The Morgan fingerprint density at radius 1 is 1.21 bits per heavy atom. The average Bonchev–Trinajstić information content (AvgIpc) is 2.89. The van der Waals surface area contributed by atoms with E-state index in [2.05, 4.69) is 11.4 Å². The van der Waals surface area contributed by atoms with Crippen molar-refractivity contribution in [3.63, 3.8) is 0 Å². The van der Waals surface area contributed by atoms with Crippen LogP contribution < -0.4 is 5.32 Å². The molecular formula is C16H21NO2. The fourth-order valence-corrected chi connectivity index (χ4v) is 2.45. The van der Waals surface area contributed by atoms with Crippen molar-refractivity contribution in [3.05, 3.63) is 34.9 Å². The summed E-state index contributed by atoms with van der Waals surface area (Å²) in [6.07, 6.45) is 5.75. The Morgan fingerprint density at radius 3 is 2.79 bits per heavy atom. The summed E-state index contributed by atoms with van der Waals surface area (Å²) in [6, 6.07) is 5.92. The summed E-state index contributed by atoms with van der Waals surface area (Å²) < 4.78 is 0. The van der Waals surface area contributed by atoms with Crippen LogP contribution >= 0.6 is 0 Å². The third-order valence-corrected chi connectivity index (χ3v) is 3.62. The van der Waals surface area contributed by atoms with Gasteiger partial charge in [0.05, 0.1) is 6.54 Å². The summed E-state index contributed by atoms with van der Waals surface area (Å²) in [7, 11) is 0. The summed E-state index contributed by atoms with van der Waals surface area (Å²) in [4.78, 5) is 23.5. The highest BCUT2D eigenvalue weighted by Gasteiger charge is 2.14. The smallest absolute Gasteiger partial charge is 0.220 e. The molecule has 0 bridgehead atoms. The van der Waals surface area contributed by atoms with Gasteiger partial charge in [-0.3, -0.25) is 9.59 Å². The Hall–Kier alpha value is -1.64. The van der Waals surface area contributed by atoms with E-state index in [4.69, 9.17) is 0 Å². The van der Waals surface area contributed by atoms with Gasteiger partial charge in [0, 0.05) is 12.0 Å². The Morgan fingerprint density at radius 2 is 2.00 bits per heavy atom. The first-order valence-electron chi connectivity index (χ1n) is 7.12. The molecule has 102 valence electrons. The molecule has 0 aromatic heterocycles. The molecule has 1 aromatic rings. The number of aryl methyl sites for hydroxylation is 2. The van der Waals surface area contributed by atoms with Gasteiger partial charge in [-0.25, -0.2) is 0 Å². The van der Waals surface area contributed by atoms with E-state index in [1.807, 2.05) is 19.1 Å². The molecule has 0 heterocycles. The quantitative estimate of drug-likeness (QED) is 0.798. The van der Waals surface area contributed by atoms with Gasteiger partial charge in [-0.05, 0) is 42.9 Å². The standard InChI is InChI=1S/C16H21NO2/c1-2-3-7-16(19)17-11-15(18)14-9-8-12-5-4-6-13(12)10-14/h8-10H,2-7,11H2,1H3,(H,17,19). The number of carbonyl (C=O) groups excluding carboxylic acids is 2. The number of amides is 1. The Labute approximate surface area is 114 Å². The highest BCUT2D eigenvalue weighted by molar-refractivity contribution is 5.99. The van der Waals surface area contributed by atoms with Crippen molar-refractivity contribution >= 4 is 11.7 Å². The van der Waals surface area contributed by atoms with Crippen LogP contribution in [-0.2, 0) is 17.6 Å². The van der Waals surface area contributed by atoms with Gasteiger partial charge in [-0.2, -0.15) is 0 Å². The maximum atomic E-state index is 12.0. The summed E-state index contributed by atoms with van der Waals surface area (Å²) in [5.41, 5.74) is 3.38. The normalized spacial score (nSPS) is 13.1. The summed E-state index contributed by atoms with van der Waals surface area (Å²) >= 11 is 0. The van der Waals surface area contributed by atoms with Gasteiger partial charge in [-0.1, -0.05) is 25.5 Å². The molecule has 2 rings (SSSR count). The largest absolute Gasteiger partial charge is 0.349 e. The number of nitrogens with one attached hydrogen (secondary N) is 1. The minimum atomic E-state index is -0.0311. The zero-order valence-corrected chi connectivity index (χ0v) is 11.5. The highest BCUT2D eigenvalue weighted by atomic mass is 16.2. The second-order valence-corrected chi connectivity index (χ2v) is 5.14. The van der Waals surface area contributed by atoms with Crippen LogP contribution in [0, 0.1) is 0 Å². The number of ketones is 1. The van der Waals surface area contributed by atoms with Gasteiger partial charge in [0.25, 0.3) is 0 Å². The van der Waals surface area contributed by atoms with E-state index in [0.717, 1.165) is 31.2 Å². The third kappa shape index (κ3) is 3.66. The van der Waals surface area contributed by atoms with Gasteiger partial charge in [-0.15, -0.1) is 0 Å². The van der Waals surface area contributed by atoms with Crippen LogP contribution in [-0.4, -0.2) is 18.2 Å². The van der Waals surface area contributed by atoms with Crippen LogP contribution in [0.25, 0.3) is 0 Å². The third-order valence-electron chi connectivity index (χ3n) is 3.62. The first-order chi connectivity index (χ1) is 9.20. The van der Waals surface area contributed by atoms with Gasteiger partial charge >= 0.3 is 0 Å². The SMILES string of the molecule is CCCCC(=O)NCC(=O)c1ccc2c(c1)CCC2. The topological polar surface area (TPSA) is 46.2 Å². The van der Waals surface area contributed by atoms with Crippen LogP contribution in [0.15, 0.2) is 18.2 Å². The lowest BCUT2D eigenvalue weighted by atomic mass is 10.0. The molecular weight excluding hydrogens is 238 g/mol. The molecule has 1 N–H and O–H groups in total. The van der Waals surface area contributed by atoms with Gasteiger partial charge in [0.2, 0.25) is 5.91 Å². The second-order valence-electron chi connectivity index (χ2n) is 5.14. The van der Waals surface area contributed by atoms with E-state index in [0.29, 0.717) is 6.42 Å². The van der Waals surface area contributed by atoms with Crippen molar-refractivity contribution in [2.24, 2.45) is 0 Å². The molecule has 0 spiro atoms. The molecule has 1 aromatic carbocycles. The van der Waals surface area contributed by atoms with Crippen LogP contribution in [0.1, 0.15) is 54.1 Å². The molecule has 0 radical (unpaired) electrons. The molecule has 0 atom stereocenters. The Bertz CT molecular complexity index is 480. The first kappa shape index (κ1) is 13.8. The molecule has 1 amide bonds. The number of unbranched alkanes of at least 4 members (excludes halogenated alkanes) is 1. The summed E-state index contributed by atoms with van der Waals surface area (Å²) in [6.45, 7) is 2.16. The first-order valence-corrected chi connectivity index (χ1v) is 7.12. The van der Waals surface area contributed by atoms with Crippen LogP contribution in [0.2, 0.25) is 0 Å². The summed E-state index contributed by atoms with van der Waals surface area (Å²) in [5.74, 6) is -0.0316. The van der Waals surface area contributed by atoms with E-state index >= 15 is 0 Å². The van der Waals surface area contributed by atoms with Crippen molar-refractivity contribution in [2.75, 3.05) is 6.54 Å². The zero-order chi connectivity index (χ0) is 13.7. The van der Waals surface area contributed by atoms with E-state index in [1.165, 1.54) is 17.5 Å². The van der Waals surface area contributed by atoms with Crippen LogP contribution in [0.4, 0.5) is 0 Å². The maximum Gasteiger partial charge on any atom is 0.220 e. The number of hydrogen-bond donors (Lipinski definition) is 1. The molecule has 0 fully saturated rings. The minimum absolute atomic E-state index is 0.000418. The zero-order valence-electron chi connectivity index (χ0n) is 11.5. The molecule has 1 aliphatic carbocycles. The fraction of sp³-hybridized carbons (Fsp3) is 0.500. The molecule has 3 nitrogen and oxygen atoms in total. The fourth-order valence-electron chi connectivity index (χ4n) is 2.45. The lowest BCUT2D eigenvalue weighted by Crippen LogP contribution is -2.29. The molecule has 0 saturated carbocycles. The van der Waals surface area contributed by atoms with Crippen molar-refractivity contribution in [1.82, 2.24) is 5.32 Å². The highest BCUT2D eigenvalue weighted by Crippen LogP contribution is 2.22. The van der Waals surface area contributed by atoms with E-state index < -0.39 is 0 Å². The molecule has 0 saturated heterocycles. The number of hydrogen-bond acceptors (Lipinski definition) is 2. The average molecular weight is 259 g/mol. The molecule has 0 aliphatic heterocycles. The van der Waals surface area contributed by atoms with Crippen molar-refractivity contribution in [2.45, 2.75) is 45.4 Å². The van der Waals surface area contributed by atoms with Gasteiger partial charge in [0.1, 0.15) is 0 Å². The predicted molar refractivity (Wildman–Crippen MR) is 75.3 cm³/mol. The molecule has 1 aliphatic rings. The lowest BCUT2D eigenvalue weighted by molar-refractivity contribution is -0.121. The van der Waals surface area contributed by atoms with Gasteiger partial charge < -0.3 is 5.32 Å². The number of fused-ring (bicyclic) bond motifs is 1. The van der Waals surface area contributed by atoms with E-state index in [-0.39, 0.29) is 18.2 Å². The van der Waals surface area contributed by atoms with Crippen LogP contribution in [0.3, 0.4) is 0 Å². The molecule has 0 unspecified atom stereocenters.